The second-order valence-corrected chi connectivity index (χ2v) is 7.17. The third kappa shape index (κ3) is 3.48. The van der Waals surface area contributed by atoms with Gasteiger partial charge in [-0.3, -0.25) is 4.79 Å². The number of benzene rings is 1. The summed E-state index contributed by atoms with van der Waals surface area (Å²) in [5.74, 6) is 0.498. The third-order valence-electron chi connectivity index (χ3n) is 4.98. The van der Waals surface area contributed by atoms with Gasteiger partial charge in [-0.1, -0.05) is 48.5 Å². The van der Waals surface area contributed by atoms with E-state index >= 15 is 0 Å². The van der Waals surface area contributed by atoms with Gasteiger partial charge in [0.15, 0.2) is 5.78 Å². The van der Waals surface area contributed by atoms with E-state index in [0.717, 1.165) is 29.5 Å². The van der Waals surface area contributed by atoms with Crippen molar-refractivity contribution >= 4 is 5.78 Å². The van der Waals surface area contributed by atoms with Crippen LogP contribution < -0.4 is 0 Å². The number of carbonyl (C=O) groups excluding carboxylic acids is 1. The van der Waals surface area contributed by atoms with E-state index in [1.54, 1.807) is 0 Å². The van der Waals surface area contributed by atoms with Crippen molar-refractivity contribution in [3.8, 4) is 5.75 Å². The molecule has 0 aliphatic rings. The molecule has 0 atom stereocenters. The SMILES string of the molecule is CCC(=O)c1cc(C(C)(C)CC)c(O)c(C(C)(C)CC)c1. The number of hydrogen-bond donors (Lipinski definition) is 1. The quantitative estimate of drug-likeness (QED) is 0.716. The van der Waals surface area contributed by atoms with Crippen LogP contribution in [0.4, 0.5) is 0 Å². The lowest BCUT2D eigenvalue weighted by Gasteiger charge is -2.31. The Balaban J connectivity index is 3.66. The molecule has 1 aromatic carbocycles. The van der Waals surface area contributed by atoms with Gasteiger partial charge in [0.25, 0.3) is 0 Å². The third-order valence-corrected chi connectivity index (χ3v) is 4.98. The average molecular weight is 290 g/mol. The molecule has 1 N–H and O–H groups in total. The number of phenolic OH excluding ortho intramolecular Hbond substituents is 1. The molecule has 0 aliphatic heterocycles. The zero-order valence-corrected chi connectivity index (χ0v) is 14.6. The Labute approximate surface area is 129 Å². The summed E-state index contributed by atoms with van der Waals surface area (Å²) in [7, 11) is 0. The topological polar surface area (TPSA) is 37.3 Å². The highest BCUT2D eigenvalue weighted by atomic mass is 16.3. The monoisotopic (exact) mass is 290 g/mol. The first-order valence-corrected chi connectivity index (χ1v) is 8.01. The largest absolute Gasteiger partial charge is 0.507 e. The minimum absolute atomic E-state index is 0.135. The van der Waals surface area contributed by atoms with Gasteiger partial charge in [0.2, 0.25) is 0 Å². The normalized spacial score (nSPS) is 12.5. The lowest BCUT2D eigenvalue weighted by atomic mass is 9.74. The summed E-state index contributed by atoms with van der Waals surface area (Å²) in [6, 6.07) is 3.78. The molecule has 0 spiro atoms. The van der Waals surface area contributed by atoms with Crippen molar-refractivity contribution in [3.05, 3.63) is 28.8 Å². The van der Waals surface area contributed by atoms with Crippen LogP contribution in [0, 0.1) is 0 Å². The van der Waals surface area contributed by atoms with Gasteiger partial charge < -0.3 is 5.11 Å². The van der Waals surface area contributed by atoms with Crippen molar-refractivity contribution in [1.82, 2.24) is 0 Å². The predicted molar refractivity (Wildman–Crippen MR) is 89.4 cm³/mol. The van der Waals surface area contributed by atoms with E-state index in [2.05, 4.69) is 41.5 Å². The maximum atomic E-state index is 12.2. The molecule has 0 fully saturated rings. The van der Waals surface area contributed by atoms with Crippen LogP contribution in [0.3, 0.4) is 0 Å². The van der Waals surface area contributed by atoms with Crippen molar-refractivity contribution in [2.75, 3.05) is 0 Å². The Morgan fingerprint density at radius 3 is 1.62 bits per heavy atom. The molecule has 0 aromatic heterocycles. The molecule has 21 heavy (non-hydrogen) atoms. The fourth-order valence-corrected chi connectivity index (χ4v) is 2.41. The molecule has 0 unspecified atom stereocenters. The van der Waals surface area contributed by atoms with Gasteiger partial charge in [-0.2, -0.15) is 0 Å². The Bertz CT molecular complexity index is 487. The summed E-state index contributed by atoms with van der Waals surface area (Å²) in [6.07, 6.45) is 2.31. The van der Waals surface area contributed by atoms with E-state index < -0.39 is 0 Å². The highest BCUT2D eigenvalue weighted by Crippen LogP contribution is 2.42. The molecular formula is C19H30O2. The zero-order valence-electron chi connectivity index (χ0n) is 14.6. The maximum absolute atomic E-state index is 12.2. The van der Waals surface area contributed by atoms with Crippen LogP contribution in [-0.4, -0.2) is 10.9 Å². The fraction of sp³-hybridized carbons (Fsp3) is 0.632. The number of rotatable bonds is 6. The van der Waals surface area contributed by atoms with Gasteiger partial charge in [-0.15, -0.1) is 0 Å². The fourth-order valence-electron chi connectivity index (χ4n) is 2.41. The van der Waals surface area contributed by atoms with E-state index in [9.17, 15) is 9.90 Å². The predicted octanol–water partition coefficient (Wildman–Crippen LogP) is 5.36. The highest BCUT2D eigenvalue weighted by molar-refractivity contribution is 5.96. The zero-order chi connectivity index (χ0) is 16.4. The standard InChI is InChI=1S/C19H30O2/c1-8-16(20)13-11-14(18(4,5)9-2)17(21)15(12-13)19(6,7)10-3/h11-12,21H,8-10H2,1-7H3. The van der Waals surface area contributed by atoms with E-state index in [-0.39, 0.29) is 16.6 Å². The summed E-state index contributed by atoms with van der Waals surface area (Å²) >= 11 is 0. The van der Waals surface area contributed by atoms with Crippen LogP contribution in [0.25, 0.3) is 0 Å². The van der Waals surface area contributed by atoms with Gasteiger partial charge in [-0.05, 0) is 35.8 Å². The summed E-state index contributed by atoms with van der Waals surface area (Å²) < 4.78 is 0. The van der Waals surface area contributed by atoms with E-state index in [1.165, 1.54) is 0 Å². The second-order valence-electron chi connectivity index (χ2n) is 7.17. The summed E-state index contributed by atoms with van der Waals surface area (Å²) in [4.78, 5) is 12.2. The summed E-state index contributed by atoms with van der Waals surface area (Å²) in [5.41, 5.74) is 2.21. The molecule has 0 bridgehead atoms. The molecule has 118 valence electrons. The lowest BCUT2D eigenvalue weighted by Crippen LogP contribution is -2.22. The van der Waals surface area contributed by atoms with Crippen molar-refractivity contribution in [3.63, 3.8) is 0 Å². The average Bonchev–Trinajstić information content (AvgIpc) is 2.46. The molecule has 2 nitrogen and oxygen atoms in total. The van der Waals surface area contributed by atoms with Gasteiger partial charge >= 0.3 is 0 Å². The number of aromatic hydroxyl groups is 1. The van der Waals surface area contributed by atoms with Gasteiger partial charge in [-0.25, -0.2) is 0 Å². The first kappa shape index (κ1) is 17.7. The van der Waals surface area contributed by atoms with Crippen molar-refractivity contribution in [2.24, 2.45) is 0 Å². The molecule has 0 aliphatic carbocycles. The minimum atomic E-state index is -0.146. The van der Waals surface area contributed by atoms with E-state index in [0.29, 0.717) is 12.2 Å². The van der Waals surface area contributed by atoms with Gasteiger partial charge in [0.05, 0.1) is 0 Å². The molecule has 2 heteroatoms. The Hall–Kier alpha value is -1.31. The smallest absolute Gasteiger partial charge is 0.162 e. The molecule has 0 saturated heterocycles. The molecular weight excluding hydrogens is 260 g/mol. The molecule has 0 radical (unpaired) electrons. The Morgan fingerprint density at radius 1 is 0.952 bits per heavy atom. The highest BCUT2D eigenvalue weighted by Gasteiger charge is 2.30. The van der Waals surface area contributed by atoms with E-state index in [4.69, 9.17) is 0 Å². The first-order chi connectivity index (χ1) is 9.60. The molecule has 0 heterocycles. The van der Waals surface area contributed by atoms with E-state index in [1.807, 2.05) is 19.1 Å². The van der Waals surface area contributed by atoms with Gasteiger partial charge in [0.1, 0.15) is 5.75 Å². The van der Waals surface area contributed by atoms with Gasteiger partial charge in [0, 0.05) is 23.1 Å². The number of carbonyl (C=O) groups is 1. The number of Topliss-reactive ketones (excluding diaryl/α,β-unsaturated/α-hetero) is 1. The van der Waals surface area contributed by atoms with Crippen molar-refractivity contribution in [2.45, 2.75) is 78.6 Å². The molecule has 0 saturated carbocycles. The number of ketones is 1. The number of hydrogen-bond acceptors (Lipinski definition) is 2. The number of phenols is 1. The minimum Gasteiger partial charge on any atom is -0.507 e. The molecule has 1 rings (SSSR count). The second kappa shape index (κ2) is 6.21. The molecule has 0 amide bonds. The molecule has 1 aromatic rings. The lowest BCUT2D eigenvalue weighted by molar-refractivity contribution is 0.0988. The maximum Gasteiger partial charge on any atom is 0.162 e. The Morgan fingerprint density at radius 2 is 1.33 bits per heavy atom. The van der Waals surface area contributed by atoms with Crippen molar-refractivity contribution < 1.29 is 9.90 Å². The van der Waals surface area contributed by atoms with Crippen LogP contribution in [0.1, 0.15) is 89.2 Å². The first-order valence-electron chi connectivity index (χ1n) is 8.01. The summed E-state index contributed by atoms with van der Waals surface area (Å²) in [5, 5.41) is 10.8. The summed E-state index contributed by atoms with van der Waals surface area (Å²) in [6.45, 7) is 14.6. The van der Waals surface area contributed by atoms with Crippen LogP contribution in [-0.2, 0) is 10.8 Å². The van der Waals surface area contributed by atoms with Crippen molar-refractivity contribution in [1.29, 1.82) is 0 Å². The van der Waals surface area contributed by atoms with Crippen LogP contribution >= 0.6 is 0 Å². The van der Waals surface area contributed by atoms with Crippen LogP contribution in [0.15, 0.2) is 12.1 Å². The Kier molecular flexibility index (Phi) is 5.25. The van der Waals surface area contributed by atoms with Crippen LogP contribution in [0.2, 0.25) is 0 Å². The van der Waals surface area contributed by atoms with Crippen LogP contribution in [0.5, 0.6) is 5.75 Å².